The Morgan fingerprint density at radius 2 is 2.26 bits per heavy atom. The second kappa shape index (κ2) is 10.6. The predicted molar refractivity (Wildman–Crippen MR) is 104 cm³/mol. The first kappa shape index (κ1) is 20.8. The van der Waals surface area contributed by atoms with E-state index in [2.05, 4.69) is 10.3 Å². The van der Waals surface area contributed by atoms with Crippen molar-refractivity contribution in [1.29, 1.82) is 0 Å². The summed E-state index contributed by atoms with van der Waals surface area (Å²) in [5.74, 6) is 0.735. The number of halogens is 1. The molecule has 1 aromatic rings. The molecule has 2 heterocycles. The molecule has 1 amide bonds. The van der Waals surface area contributed by atoms with Gasteiger partial charge in [0.15, 0.2) is 6.10 Å². The zero-order valence-electron chi connectivity index (χ0n) is 15.8. The van der Waals surface area contributed by atoms with Gasteiger partial charge in [0.2, 0.25) is 12.7 Å². The lowest BCUT2D eigenvalue weighted by Crippen LogP contribution is -2.39. The van der Waals surface area contributed by atoms with Crippen molar-refractivity contribution in [2.75, 3.05) is 13.3 Å². The standard InChI is InChI=1S/C20H25ClN2O4/c1-4-15-10-17(21)20(23-11-15)27-18(5-2)19(24)22-12-16-7-6-8-25-13-26-14(3)9-16/h6-11,18H,4-5,12-13H2,1-3H3,(H,22,24)/b8-6+,14-9?,16-7?. The first-order valence-corrected chi connectivity index (χ1v) is 9.28. The van der Waals surface area contributed by atoms with E-state index in [-0.39, 0.29) is 18.6 Å². The van der Waals surface area contributed by atoms with Crippen molar-refractivity contribution in [3.63, 3.8) is 0 Å². The van der Waals surface area contributed by atoms with Crippen LogP contribution in [0.15, 0.2) is 48.1 Å². The summed E-state index contributed by atoms with van der Waals surface area (Å²) in [5, 5.41) is 3.28. The van der Waals surface area contributed by atoms with Gasteiger partial charge in [0.05, 0.1) is 12.0 Å². The van der Waals surface area contributed by atoms with Crippen LogP contribution in [0.4, 0.5) is 0 Å². The number of nitrogens with zero attached hydrogens (tertiary/aromatic N) is 1. The van der Waals surface area contributed by atoms with Crippen molar-refractivity contribution < 1.29 is 19.0 Å². The van der Waals surface area contributed by atoms with Crippen molar-refractivity contribution in [1.82, 2.24) is 10.3 Å². The van der Waals surface area contributed by atoms with Gasteiger partial charge < -0.3 is 19.5 Å². The fourth-order valence-electron chi connectivity index (χ4n) is 2.35. The molecule has 0 spiro atoms. The van der Waals surface area contributed by atoms with Crippen molar-refractivity contribution in [3.8, 4) is 5.88 Å². The summed E-state index contributed by atoms with van der Waals surface area (Å²) in [4.78, 5) is 16.7. The van der Waals surface area contributed by atoms with Crippen LogP contribution < -0.4 is 10.1 Å². The zero-order chi connectivity index (χ0) is 19.6. The number of hydrogen-bond donors (Lipinski definition) is 1. The summed E-state index contributed by atoms with van der Waals surface area (Å²) in [5.41, 5.74) is 1.89. The molecule has 1 N–H and O–H groups in total. The molecular weight excluding hydrogens is 368 g/mol. The number of allylic oxidation sites excluding steroid dienone is 3. The van der Waals surface area contributed by atoms with Gasteiger partial charge in [0.25, 0.3) is 5.91 Å². The summed E-state index contributed by atoms with van der Waals surface area (Å²) >= 11 is 6.21. The number of amides is 1. The quantitative estimate of drug-likeness (QED) is 0.761. The Morgan fingerprint density at radius 3 is 2.96 bits per heavy atom. The van der Waals surface area contributed by atoms with Crippen LogP contribution in [0, 0.1) is 0 Å². The number of hydrogen-bond acceptors (Lipinski definition) is 5. The number of aromatic nitrogens is 1. The molecule has 1 aliphatic heterocycles. The SMILES string of the molecule is CCc1cnc(OC(CC)C(=O)NCC2=C/C=C/OCOC(C)=C2)c(Cl)c1. The van der Waals surface area contributed by atoms with Gasteiger partial charge >= 0.3 is 0 Å². The van der Waals surface area contributed by atoms with Crippen molar-refractivity contribution >= 4 is 17.5 Å². The van der Waals surface area contributed by atoms with Crippen LogP contribution in [-0.4, -0.2) is 30.3 Å². The van der Waals surface area contributed by atoms with E-state index in [9.17, 15) is 4.79 Å². The van der Waals surface area contributed by atoms with Crippen LogP contribution in [0.25, 0.3) is 0 Å². The smallest absolute Gasteiger partial charge is 0.261 e. The number of aryl methyl sites for hydroxylation is 1. The highest BCUT2D eigenvalue weighted by Crippen LogP contribution is 2.24. The minimum Gasteiger partial charge on any atom is -0.465 e. The molecule has 0 aliphatic carbocycles. The van der Waals surface area contributed by atoms with Crippen LogP contribution in [0.1, 0.15) is 32.8 Å². The van der Waals surface area contributed by atoms with E-state index in [1.165, 1.54) is 0 Å². The van der Waals surface area contributed by atoms with E-state index in [0.29, 0.717) is 23.7 Å². The minimum absolute atomic E-state index is 0.155. The van der Waals surface area contributed by atoms with Crippen molar-refractivity contribution in [2.24, 2.45) is 0 Å². The third-order valence-electron chi connectivity index (χ3n) is 3.88. The molecule has 1 aromatic heterocycles. The highest BCUT2D eigenvalue weighted by atomic mass is 35.5. The number of ether oxygens (including phenoxy) is 3. The average Bonchev–Trinajstić information content (AvgIpc) is 2.76. The number of carbonyl (C=O) groups excluding carboxylic acids is 1. The third-order valence-corrected chi connectivity index (χ3v) is 4.16. The van der Waals surface area contributed by atoms with Crippen molar-refractivity contribution in [3.05, 3.63) is 58.7 Å². The Labute approximate surface area is 164 Å². The fraction of sp³-hybridized carbons (Fsp3) is 0.400. The molecule has 0 bridgehead atoms. The van der Waals surface area contributed by atoms with Crippen LogP contribution in [0.2, 0.25) is 5.02 Å². The highest BCUT2D eigenvalue weighted by Gasteiger charge is 2.20. The van der Waals surface area contributed by atoms with E-state index >= 15 is 0 Å². The molecule has 0 radical (unpaired) electrons. The molecular formula is C20H25ClN2O4. The number of nitrogens with one attached hydrogen (secondary N) is 1. The van der Waals surface area contributed by atoms with Crippen molar-refractivity contribution in [2.45, 2.75) is 39.7 Å². The molecule has 27 heavy (non-hydrogen) atoms. The number of rotatable bonds is 7. The van der Waals surface area contributed by atoms with Crippen LogP contribution >= 0.6 is 11.6 Å². The van der Waals surface area contributed by atoms with Gasteiger partial charge in [-0.3, -0.25) is 4.79 Å². The summed E-state index contributed by atoms with van der Waals surface area (Å²) in [6.45, 7) is 6.21. The topological polar surface area (TPSA) is 69.7 Å². The first-order valence-electron chi connectivity index (χ1n) is 8.90. The van der Waals surface area contributed by atoms with Gasteiger partial charge in [-0.2, -0.15) is 0 Å². The highest BCUT2D eigenvalue weighted by molar-refractivity contribution is 6.31. The summed E-state index contributed by atoms with van der Waals surface area (Å²) < 4.78 is 16.2. The molecule has 2 rings (SSSR count). The molecule has 7 heteroatoms. The Morgan fingerprint density at radius 1 is 1.44 bits per heavy atom. The summed E-state index contributed by atoms with van der Waals surface area (Å²) in [6, 6.07) is 1.80. The molecule has 1 atom stereocenters. The minimum atomic E-state index is -0.681. The largest absolute Gasteiger partial charge is 0.465 e. The third kappa shape index (κ3) is 6.64. The maximum absolute atomic E-state index is 12.5. The van der Waals surface area contributed by atoms with Gasteiger partial charge in [-0.15, -0.1) is 0 Å². The monoisotopic (exact) mass is 392 g/mol. The molecule has 6 nitrogen and oxygen atoms in total. The van der Waals surface area contributed by atoms with Crippen LogP contribution in [0.3, 0.4) is 0 Å². The van der Waals surface area contributed by atoms with E-state index in [1.807, 2.05) is 32.9 Å². The van der Waals surface area contributed by atoms with E-state index < -0.39 is 6.10 Å². The summed E-state index contributed by atoms with van der Waals surface area (Å²) in [7, 11) is 0. The Kier molecular flexibility index (Phi) is 8.20. The first-order chi connectivity index (χ1) is 13.0. The maximum atomic E-state index is 12.5. The van der Waals surface area contributed by atoms with E-state index in [4.69, 9.17) is 25.8 Å². The second-order valence-corrected chi connectivity index (χ2v) is 6.38. The fourth-order valence-corrected chi connectivity index (χ4v) is 2.58. The van der Waals surface area contributed by atoms with E-state index in [1.54, 1.807) is 24.6 Å². The normalized spacial score (nSPS) is 16.3. The Balaban J connectivity index is 2.00. The van der Waals surface area contributed by atoms with Gasteiger partial charge in [-0.05, 0) is 49.1 Å². The number of pyridine rings is 1. The summed E-state index contributed by atoms with van der Waals surface area (Å²) in [6.07, 6.45) is 9.34. The lowest BCUT2D eigenvalue weighted by molar-refractivity contribution is -0.128. The van der Waals surface area contributed by atoms with Gasteiger partial charge in [-0.1, -0.05) is 31.5 Å². The number of carbonyl (C=O) groups is 1. The van der Waals surface area contributed by atoms with Crippen LogP contribution in [0.5, 0.6) is 5.88 Å². The molecule has 0 saturated carbocycles. The maximum Gasteiger partial charge on any atom is 0.261 e. The molecule has 0 fully saturated rings. The Hall–Kier alpha value is -2.47. The second-order valence-electron chi connectivity index (χ2n) is 5.97. The molecule has 1 unspecified atom stereocenters. The van der Waals surface area contributed by atoms with Crippen LogP contribution in [-0.2, 0) is 20.7 Å². The van der Waals surface area contributed by atoms with Gasteiger partial charge in [-0.25, -0.2) is 4.98 Å². The zero-order valence-corrected chi connectivity index (χ0v) is 16.6. The van der Waals surface area contributed by atoms with Gasteiger partial charge in [0, 0.05) is 12.7 Å². The average molecular weight is 393 g/mol. The predicted octanol–water partition coefficient (Wildman–Crippen LogP) is 3.92. The lowest BCUT2D eigenvalue weighted by atomic mass is 10.2. The molecule has 0 saturated heterocycles. The molecule has 146 valence electrons. The van der Waals surface area contributed by atoms with E-state index in [0.717, 1.165) is 17.6 Å². The molecule has 0 aromatic carbocycles. The lowest BCUT2D eigenvalue weighted by Gasteiger charge is -2.18. The molecule has 1 aliphatic rings. The Bertz CT molecular complexity index is 743. The van der Waals surface area contributed by atoms with Gasteiger partial charge in [0.1, 0.15) is 5.02 Å².